The standard InChI is InChI=1S/C25H27N3O2/c29-25(26-23-9-5-2-6-10-23)28-17-15-27(16-18-28)19-21-11-13-24(14-12-21)30-20-22-7-3-1-4-8-22/h1-14H,15-20H2,(H,26,29). The molecule has 0 unspecified atom stereocenters. The SMILES string of the molecule is O=C(Nc1ccccc1)N1CCN(Cc2ccc(OCc3ccccc3)cc2)CC1. The van der Waals surface area contributed by atoms with Gasteiger partial charge in [0.25, 0.3) is 0 Å². The van der Waals surface area contributed by atoms with Crippen molar-refractivity contribution in [3.63, 3.8) is 0 Å². The number of ether oxygens (including phenoxy) is 1. The summed E-state index contributed by atoms with van der Waals surface area (Å²) in [6, 6.07) is 28.0. The van der Waals surface area contributed by atoms with Gasteiger partial charge in [-0.1, -0.05) is 60.7 Å². The van der Waals surface area contributed by atoms with Crippen molar-refractivity contribution >= 4 is 11.7 Å². The Labute approximate surface area is 177 Å². The highest BCUT2D eigenvalue weighted by molar-refractivity contribution is 5.89. The first-order valence-corrected chi connectivity index (χ1v) is 10.4. The van der Waals surface area contributed by atoms with Gasteiger partial charge in [0.15, 0.2) is 0 Å². The van der Waals surface area contributed by atoms with E-state index in [0.29, 0.717) is 6.61 Å². The van der Waals surface area contributed by atoms with Crippen LogP contribution in [0.5, 0.6) is 5.75 Å². The van der Waals surface area contributed by atoms with E-state index in [9.17, 15) is 4.79 Å². The van der Waals surface area contributed by atoms with Gasteiger partial charge in [0, 0.05) is 38.4 Å². The average Bonchev–Trinajstić information content (AvgIpc) is 2.80. The van der Waals surface area contributed by atoms with Crippen LogP contribution in [0.2, 0.25) is 0 Å². The number of rotatable bonds is 6. The van der Waals surface area contributed by atoms with Gasteiger partial charge in [0.1, 0.15) is 12.4 Å². The highest BCUT2D eigenvalue weighted by atomic mass is 16.5. The van der Waals surface area contributed by atoms with Crippen LogP contribution >= 0.6 is 0 Å². The van der Waals surface area contributed by atoms with Gasteiger partial charge in [-0.3, -0.25) is 4.90 Å². The maximum atomic E-state index is 12.4. The summed E-state index contributed by atoms with van der Waals surface area (Å²) in [4.78, 5) is 16.7. The molecule has 4 rings (SSSR count). The van der Waals surface area contributed by atoms with Crippen LogP contribution in [0.15, 0.2) is 84.9 Å². The quantitative estimate of drug-likeness (QED) is 0.656. The molecule has 5 heteroatoms. The van der Waals surface area contributed by atoms with Gasteiger partial charge >= 0.3 is 6.03 Å². The number of benzene rings is 3. The molecule has 1 fully saturated rings. The average molecular weight is 402 g/mol. The number of hydrogen-bond acceptors (Lipinski definition) is 3. The summed E-state index contributed by atoms with van der Waals surface area (Å²) in [6.07, 6.45) is 0. The summed E-state index contributed by atoms with van der Waals surface area (Å²) in [5.74, 6) is 0.880. The van der Waals surface area contributed by atoms with Crippen LogP contribution in [0.4, 0.5) is 10.5 Å². The van der Waals surface area contributed by atoms with Gasteiger partial charge < -0.3 is 15.0 Å². The third-order valence-electron chi connectivity index (χ3n) is 5.26. The number of carbonyl (C=O) groups excluding carboxylic acids is 1. The molecule has 0 saturated carbocycles. The normalized spacial score (nSPS) is 14.3. The molecule has 0 aliphatic carbocycles. The van der Waals surface area contributed by atoms with Crippen LogP contribution in [-0.2, 0) is 13.2 Å². The molecule has 5 nitrogen and oxygen atoms in total. The first-order valence-electron chi connectivity index (χ1n) is 10.4. The van der Waals surface area contributed by atoms with E-state index < -0.39 is 0 Å². The zero-order chi connectivity index (χ0) is 20.6. The molecule has 1 aliphatic heterocycles. The zero-order valence-corrected chi connectivity index (χ0v) is 17.0. The maximum absolute atomic E-state index is 12.4. The third kappa shape index (κ3) is 5.61. The zero-order valence-electron chi connectivity index (χ0n) is 17.0. The van der Waals surface area contributed by atoms with Gasteiger partial charge in [0.2, 0.25) is 0 Å². The summed E-state index contributed by atoms with van der Waals surface area (Å²) < 4.78 is 5.86. The van der Waals surface area contributed by atoms with Crippen LogP contribution in [0.1, 0.15) is 11.1 Å². The molecule has 3 aromatic rings. The van der Waals surface area contributed by atoms with E-state index in [4.69, 9.17) is 4.74 Å². The number of nitrogens with one attached hydrogen (secondary N) is 1. The Morgan fingerprint density at radius 1 is 0.767 bits per heavy atom. The van der Waals surface area contributed by atoms with Gasteiger partial charge in [-0.2, -0.15) is 0 Å². The van der Waals surface area contributed by atoms with E-state index in [-0.39, 0.29) is 6.03 Å². The summed E-state index contributed by atoms with van der Waals surface area (Å²) in [6.45, 7) is 4.66. The van der Waals surface area contributed by atoms with E-state index in [1.54, 1.807) is 0 Å². The number of anilines is 1. The monoisotopic (exact) mass is 401 g/mol. The second kappa shape index (κ2) is 9.94. The first kappa shape index (κ1) is 20.0. The van der Waals surface area contributed by atoms with Crippen molar-refractivity contribution in [2.45, 2.75) is 13.2 Å². The van der Waals surface area contributed by atoms with E-state index in [2.05, 4.69) is 34.5 Å². The molecule has 0 bridgehead atoms. The van der Waals surface area contributed by atoms with Crippen molar-refractivity contribution in [2.24, 2.45) is 0 Å². The lowest BCUT2D eigenvalue weighted by molar-refractivity contribution is 0.143. The van der Waals surface area contributed by atoms with Gasteiger partial charge in [-0.05, 0) is 35.4 Å². The highest BCUT2D eigenvalue weighted by Gasteiger charge is 2.21. The Bertz CT molecular complexity index is 922. The summed E-state index contributed by atoms with van der Waals surface area (Å²) >= 11 is 0. The van der Waals surface area contributed by atoms with Crippen LogP contribution in [-0.4, -0.2) is 42.0 Å². The summed E-state index contributed by atoms with van der Waals surface area (Å²) in [7, 11) is 0. The second-order valence-corrected chi connectivity index (χ2v) is 7.48. The molecular weight excluding hydrogens is 374 g/mol. The molecule has 0 atom stereocenters. The number of para-hydroxylation sites is 1. The maximum Gasteiger partial charge on any atom is 0.321 e. The summed E-state index contributed by atoms with van der Waals surface area (Å²) in [5.41, 5.74) is 3.25. The van der Waals surface area contributed by atoms with Gasteiger partial charge in [0.05, 0.1) is 0 Å². The van der Waals surface area contributed by atoms with Gasteiger partial charge in [-0.25, -0.2) is 4.79 Å². The molecule has 1 heterocycles. The first-order chi connectivity index (χ1) is 14.8. The predicted molar refractivity (Wildman–Crippen MR) is 120 cm³/mol. The highest BCUT2D eigenvalue weighted by Crippen LogP contribution is 2.16. The van der Waals surface area contributed by atoms with Crippen molar-refractivity contribution in [3.8, 4) is 5.75 Å². The fraction of sp³-hybridized carbons (Fsp3) is 0.240. The number of hydrogen-bond donors (Lipinski definition) is 1. The minimum absolute atomic E-state index is 0.0271. The minimum Gasteiger partial charge on any atom is -0.489 e. The molecule has 2 amide bonds. The Morgan fingerprint density at radius 3 is 2.07 bits per heavy atom. The number of amides is 2. The molecule has 0 radical (unpaired) electrons. The Balaban J connectivity index is 1.21. The van der Waals surface area contributed by atoms with Crippen LogP contribution in [0, 0.1) is 0 Å². The minimum atomic E-state index is -0.0271. The van der Waals surface area contributed by atoms with Crippen molar-refractivity contribution in [1.29, 1.82) is 0 Å². The van der Waals surface area contributed by atoms with Crippen molar-refractivity contribution in [2.75, 3.05) is 31.5 Å². The lowest BCUT2D eigenvalue weighted by Crippen LogP contribution is -2.49. The van der Waals surface area contributed by atoms with E-state index in [1.807, 2.05) is 65.6 Å². The summed E-state index contributed by atoms with van der Waals surface area (Å²) in [5, 5.41) is 2.96. The van der Waals surface area contributed by atoms with E-state index >= 15 is 0 Å². The fourth-order valence-corrected chi connectivity index (χ4v) is 3.52. The Hall–Kier alpha value is -3.31. The van der Waals surface area contributed by atoms with E-state index in [1.165, 1.54) is 5.56 Å². The molecule has 154 valence electrons. The molecule has 30 heavy (non-hydrogen) atoms. The molecule has 1 aliphatic rings. The van der Waals surface area contributed by atoms with Crippen molar-refractivity contribution in [1.82, 2.24) is 9.80 Å². The van der Waals surface area contributed by atoms with Crippen LogP contribution in [0.25, 0.3) is 0 Å². The number of carbonyl (C=O) groups is 1. The molecular formula is C25H27N3O2. The number of nitrogens with zero attached hydrogens (tertiary/aromatic N) is 2. The van der Waals surface area contributed by atoms with E-state index in [0.717, 1.165) is 49.7 Å². The van der Waals surface area contributed by atoms with Crippen molar-refractivity contribution in [3.05, 3.63) is 96.1 Å². The van der Waals surface area contributed by atoms with Crippen LogP contribution < -0.4 is 10.1 Å². The third-order valence-corrected chi connectivity index (χ3v) is 5.26. The smallest absolute Gasteiger partial charge is 0.321 e. The molecule has 1 saturated heterocycles. The number of piperazine rings is 1. The van der Waals surface area contributed by atoms with Crippen molar-refractivity contribution < 1.29 is 9.53 Å². The molecule has 0 spiro atoms. The molecule has 0 aromatic heterocycles. The number of urea groups is 1. The topological polar surface area (TPSA) is 44.8 Å². The largest absolute Gasteiger partial charge is 0.489 e. The van der Waals surface area contributed by atoms with Crippen LogP contribution in [0.3, 0.4) is 0 Å². The lowest BCUT2D eigenvalue weighted by Gasteiger charge is -2.34. The Kier molecular flexibility index (Phi) is 6.62. The Morgan fingerprint density at radius 2 is 1.40 bits per heavy atom. The second-order valence-electron chi connectivity index (χ2n) is 7.48. The molecule has 3 aromatic carbocycles. The fourth-order valence-electron chi connectivity index (χ4n) is 3.52. The lowest BCUT2D eigenvalue weighted by atomic mass is 10.2. The predicted octanol–water partition coefficient (Wildman–Crippen LogP) is 4.62. The van der Waals surface area contributed by atoms with Gasteiger partial charge in [-0.15, -0.1) is 0 Å². The molecule has 1 N–H and O–H groups in total.